The van der Waals surface area contributed by atoms with Gasteiger partial charge in [0.05, 0.1) is 18.0 Å². The Labute approximate surface area is 97.5 Å². The summed E-state index contributed by atoms with van der Waals surface area (Å²) in [5.41, 5.74) is 4.51. The minimum absolute atomic E-state index is 0.189. The van der Waals surface area contributed by atoms with Crippen molar-refractivity contribution in [2.45, 2.75) is 32.3 Å². The highest BCUT2D eigenvalue weighted by atomic mass is 32.1. The number of aryl methyl sites for hydroxylation is 1. The van der Waals surface area contributed by atoms with Gasteiger partial charge in [-0.3, -0.25) is 5.10 Å². The number of rotatable bonds is 1. The molecule has 0 saturated carbocycles. The number of hydrogen-bond donors (Lipinski definition) is 2. The van der Waals surface area contributed by atoms with Crippen LogP contribution in [0.5, 0.6) is 0 Å². The van der Waals surface area contributed by atoms with Crippen molar-refractivity contribution in [1.29, 1.82) is 0 Å². The van der Waals surface area contributed by atoms with Gasteiger partial charge in [-0.1, -0.05) is 0 Å². The Kier molecular flexibility index (Phi) is 2.29. The van der Waals surface area contributed by atoms with E-state index in [1.807, 2.05) is 13.1 Å². The fourth-order valence-electron chi connectivity index (χ4n) is 2.19. The van der Waals surface area contributed by atoms with E-state index >= 15 is 0 Å². The third-order valence-electron chi connectivity index (χ3n) is 3.10. The van der Waals surface area contributed by atoms with E-state index in [2.05, 4.69) is 14.6 Å². The van der Waals surface area contributed by atoms with Crippen molar-refractivity contribution in [3.63, 3.8) is 0 Å². The number of nitrogens with one attached hydrogen (secondary N) is 1. The number of H-pyrrole nitrogens is 1. The average Bonchev–Trinajstić information content (AvgIpc) is 2.83. The summed E-state index contributed by atoms with van der Waals surface area (Å²) in [6.45, 7) is 2.01. The van der Waals surface area contributed by atoms with Crippen LogP contribution in [0.2, 0.25) is 0 Å². The van der Waals surface area contributed by atoms with Crippen LogP contribution in [0.25, 0.3) is 11.3 Å². The van der Waals surface area contributed by atoms with Crippen molar-refractivity contribution in [2.75, 3.05) is 0 Å². The Hall–Kier alpha value is -1.20. The lowest BCUT2D eigenvalue weighted by atomic mass is 9.93. The van der Waals surface area contributed by atoms with E-state index in [9.17, 15) is 5.11 Å². The second kappa shape index (κ2) is 3.68. The van der Waals surface area contributed by atoms with Crippen molar-refractivity contribution in [2.24, 2.45) is 0 Å². The molecule has 1 aliphatic carbocycles. The van der Waals surface area contributed by atoms with E-state index in [0.29, 0.717) is 0 Å². The predicted molar refractivity (Wildman–Crippen MR) is 62.5 cm³/mol. The fraction of sp³-hybridized carbons (Fsp3) is 0.455. The molecule has 0 radical (unpaired) electrons. The van der Waals surface area contributed by atoms with Crippen LogP contribution in [0.3, 0.4) is 0 Å². The standard InChI is InChI=1S/C11H13N3OS/c1-6-9(5-12-13-6)11-8-3-2-7(15)4-10(8)16-14-11/h5,7,15H,2-4H2,1H3,(H,12,13). The second-order valence-electron chi connectivity index (χ2n) is 4.24. The van der Waals surface area contributed by atoms with E-state index in [1.54, 1.807) is 0 Å². The van der Waals surface area contributed by atoms with Gasteiger partial charge in [0.2, 0.25) is 0 Å². The largest absolute Gasteiger partial charge is 0.393 e. The monoisotopic (exact) mass is 235 g/mol. The molecule has 84 valence electrons. The van der Waals surface area contributed by atoms with Crippen LogP contribution in [0.1, 0.15) is 22.6 Å². The maximum atomic E-state index is 9.61. The minimum atomic E-state index is -0.189. The van der Waals surface area contributed by atoms with Crippen molar-refractivity contribution in [1.82, 2.24) is 14.6 Å². The molecule has 1 aliphatic rings. The van der Waals surface area contributed by atoms with Crippen molar-refractivity contribution in [3.05, 3.63) is 22.3 Å². The zero-order valence-corrected chi connectivity index (χ0v) is 9.84. The molecule has 0 bridgehead atoms. The molecule has 0 aliphatic heterocycles. The molecule has 0 saturated heterocycles. The Morgan fingerprint density at radius 1 is 1.56 bits per heavy atom. The topological polar surface area (TPSA) is 61.8 Å². The molecule has 0 spiro atoms. The first kappa shape index (κ1) is 9.99. The molecule has 3 rings (SSSR count). The first-order valence-electron chi connectivity index (χ1n) is 5.41. The van der Waals surface area contributed by atoms with Crippen molar-refractivity contribution >= 4 is 11.5 Å². The molecular formula is C11H13N3OS. The van der Waals surface area contributed by atoms with Gasteiger partial charge in [-0.15, -0.1) is 0 Å². The first-order valence-corrected chi connectivity index (χ1v) is 6.19. The van der Waals surface area contributed by atoms with Gasteiger partial charge in [-0.25, -0.2) is 0 Å². The summed E-state index contributed by atoms with van der Waals surface area (Å²) in [7, 11) is 0. The molecule has 0 aromatic carbocycles. The van der Waals surface area contributed by atoms with Gasteiger partial charge in [0.1, 0.15) is 0 Å². The predicted octanol–water partition coefficient (Wildman–Crippen LogP) is 1.69. The number of fused-ring (bicyclic) bond motifs is 1. The average molecular weight is 235 g/mol. The van der Waals surface area contributed by atoms with Gasteiger partial charge >= 0.3 is 0 Å². The van der Waals surface area contributed by atoms with E-state index in [4.69, 9.17) is 0 Å². The van der Waals surface area contributed by atoms with Crippen LogP contribution in [0.4, 0.5) is 0 Å². The summed E-state index contributed by atoms with van der Waals surface area (Å²) in [6.07, 6.45) is 4.16. The molecule has 1 unspecified atom stereocenters. The Morgan fingerprint density at radius 2 is 2.44 bits per heavy atom. The molecule has 2 heterocycles. The molecule has 2 aromatic heterocycles. The van der Waals surface area contributed by atoms with Gasteiger partial charge in [0.25, 0.3) is 0 Å². The summed E-state index contributed by atoms with van der Waals surface area (Å²) in [5.74, 6) is 0. The summed E-state index contributed by atoms with van der Waals surface area (Å²) in [5, 5.41) is 16.6. The van der Waals surface area contributed by atoms with Crippen LogP contribution in [-0.2, 0) is 12.8 Å². The summed E-state index contributed by atoms with van der Waals surface area (Å²) in [6, 6.07) is 0. The molecule has 0 amide bonds. The second-order valence-corrected chi connectivity index (χ2v) is 5.10. The molecule has 16 heavy (non-hydrogen) atoms. The lowest BCUT2D eigenvalue weighted by Gasteiger charge is -2.16. The molecule has 1 atom stereocenters. The van der Waals surface area contributed by atoms with Gasteiger partial charge in [-0.05, 0) is 36.9 Å². The Morgan fingerprint density at radius 3 is 3.19 bits per heavy atom. The summed E-state index contributed by atoms with van der Waals surface area (Å²) in [4.78, 5) is 1.23. The maximum Gasteiger partial charge on any atom is 0.0909 e. The van der Waals surface area contributed by atoms with Gasteiger partial charge < -0.3 is 5.11 Å². The van der Waals surface area contributed by atoms with E-state index < -0.39 is 0 Å². The van der Waals surface area contributed by atoms with Gasteiger partial charge in [0.15, 0.2) is 0 Å². The number of hydrogen-bond acceptors (Lipinski definition) is 4. The van der Waals surface area contributed by atoms with E-state index in [-0.39, 0.29) is 6.10 Å². The Bertz CT molecular complexity index is 517. The van der Waals surface area contributed by atoms with E-state index in [1.165, 1.54) is 22.0 Å². The highest BCUT2D eigenvalue weighted by Crippen LogP contribution is 2.34. The maximum absolute atomic E-state index is 9.61. The molecule has 5 heteroatoms. The zero-order valence-electron chi connectivity index (χ0n) is 9.03. The van der Waals surface area contributed by atoms with Crippen molar-refractivity contribution < 1.29 is 5.11 Å². The smallest absolute Gasteiger partial charge is 0.0909 e. The van der Waals surface area contributed by atoms with Crippen LogP contribution >= 0.6 is 11.5 Å². The third-order valence-corrected chi connectivity index (χ3v) is 4.01. The van der Waals surface area contributed by atoms with Gasteiger partial charge in [-0.2, -0.15) is 9.47 Å². The molecule has 4 nitrogen and oxygen atoms in total. The lowest BCUT2D eigenvalue weighted by molar-refractivity contribution is 0.160. The third kappa shape index (κ3) is 1.47. The lowest BCUT2D eigenvalue weighted by Crippen LogP contribution is -2.17. The van der Waals surface area contributed by atoms with Gasteiger partial charge in [0, 0.05) is 22.6 Å². The SMILES string of the molecule is Cc1[nH]ncc1-c1nsc2c1CCC(O)C2. The number of aromatic nitrogens is 3. The number of aliphatic hydroxyl groups excluding tert-OH is 1. The molecule has 2 N–H and O–H groups in total. The number of aliphatic hydroxyl groups is 1. The quantitative estimate of drug-likeness (QED) is 0.790. The van der Waals surface area contributed by atoms with Crippen LogP contribution < -0.4 is 0 Å². The highest BCUT2D eigenvalue weighted by molar-refractivity contribution is 7.06. The summed E-state index contributed by atoms with van der Waals surface area (Å²) < 4.78 is 4.51. The van der Waals surface area contributed by atoms with Crippen LogP contribution in [0.15, 0.2) is 6.20 Å². The number of nitrogens with zero attached hydrogens (tertiary/aromatic N) is 2. The normalized spacial score (nSPS) is 19.8. The number of aromatic amines is 1. The molecular weight excluding hydrogens is 222 g/mol. The molecule has 0 fully saturated rings. The van der Waals surface area contributed by atoms with Crippen LogP contribution in [0, 0.1) is 6.92 Å². The van der Waals surface area contributed by atoms with Crippen molar-refractivity contribution in [3.8, 4) is 11.3 Å². The van der Waals surface area contributed by atoms with Crippen LogP contribution in [-0.4, -0.2) is 25.8 Å². The zero-order chi connectivity index (χ0) is 11.1. The summed E-state index contributed by atoms with van der Waals surface area (Å²) >= 11 is 1.51. The Balaban J connectivity index is 2.07. The first-order chi connectivity index (χ1) is 7.75. The van der Waals surface area contributed by atoms with E-state index in [0.717, 1.165) is 36.2 Å². The molecule has 2 aromatic rings. The fourth-order valence-corrected chi connectivity index (χ4v) is 3.18. The minimum Gasteiger partial charge on any atom is -0.393 e. The highest BCUT2D eigenvalue weighted by Gasteiger charge is 2.24.